The Kier molecular flexibility index (Phi) is 4.03. The number of carbonyl (C=O) groups excluding carboxylic acids is 1. The lowest BCUT2D eigenvalue weighted by molar-refractivity contribution is -0.385. The molecule has 1 N–H and O–H groups in total. The molecule has 106 valence electrons. The van der Waals surface area contributed by atoms with Crippen molar-refractivity contribution in [1.82, 2.24) is 4.90 Å². The molecule has 0 radical (unpaired) electrons. The maximum absolute atomic E-state index is 12.4. The van der Waals surface area contributed by atoms with E-state index < -0.39 is 22.8 Å². The monoisotopic (exact) mass is 342 g/mol. The smallest absolute Gasteiger partial charge is 0.326 e. The molecule has 0 spiro atoms. The predicted octanol–water partition coefficient (Wildman–Crippen LogP) is 2.05. The number of halogens is 1. The number of carboxylic acid groups (broad SMARTS) is 1. The first kappa shape index (κ1) is 14.4. The molecular formula is C12H11BrN2O5. The van der Waals surface area contributed by atoms with Crippen LogP contribution in [-0.4, -0.2) is 39.4 Å². The van der Waals surface area contributed by atoms with Gasteiger partial charge in [0.05, 0.1) is 10.5 Å². The van der Waals surface area contributed by atoms with Gasteiger partial charge in [0.2, 0.25) is 0 Å². The minimum Gasteiger partial charge on any atom is -0.480 e. The summed E-state index contributed by atoms with van der Waals surface area (Å²) in [6.45, 7) is 0.338. The lowest BCUT2D eigenvalue weighted by Crippen LogP contribution is -2.40. The van der Waals surface area contributed by atoms with Crippen molar-refractivity contribution in [3.8, 4) is 0 Å². The molecule has 1 fully saturated rings. The summed E-state index contributed by atoms with van der Waals surface area (Å²) in [4.78, 5) is 35.0. The van der Waals surface area contributed by atoms with E-state index in [4.69, 9.17) is 5.11 Å². The van der Waals surface area contributed by atoms with Crippen molar-refractivity contribution in [3.63, 3.8) is 0 Å². The van der Waals surface area contributed by atoms with Crippen LogP contribution < -0.4 is 0 Å². The number of benzene rings is 1. The Labute approximate surface area is 122 Å². The molecule has 2 rings (SSSR count). The van der Waals surface area contributed by atoms with Gasteiger partial charge in [0, 0.05) is 12.6 Å². The van der Waals surface area contributed by atoms with Crippen LogP contribution in [0.15, 0.2) is 22.7 Å². The fourth-order valence-corrected chi connectivity index (χ4v) is 2.83. The number of nitro benzene ring substituents is 1. The normalized spacial score (nSPS) is 18.1. The highest BCUT2D eigenvalue weighted by atomic mass is 79.9. The molecular weight excluding hydrogens is 332 g/mol. The largest absolute Gasteiger partial charge is 0.480 e. The van der Waals surface area contributed by atoms with E-state index in [1.165, 1.54) is 23.1 Å². The molecule has 0 aliphatic carbocycles. The van der Waals surface area contributed by atoms with Gasteiger partial charge in [-0.05, 0) is 34.8 Å². The van der Waals surface area contributed by atoms with Gasteiger partial charge in [0.1, 0.15) is 10.5 Å². The van der Waals surface area contributed by atoms with E-state index in [0.29, 0.717) is 19.4 Å². The zero-order chi connectivity index (χ0) is 14.9. The first-order chi connectivity index (χ1) is 9.43. The van der Waals surface area contributed by atoms with Crippen molar-refractivity contribution in [2.75, 3.05) is 6.54 Å². The SMILES string of the molecule is O=C(O)[C@H]1CCCN1C(=O)c1cccc([N+](=O)[O-])c1Br. The number of hydrogen-bond acceptors (Lipinski definition) is 4. The molecule has 1 aliphatic heterocycles. The summed E-state index contributed by atoms with van der Waals surface area (Å²) in [5.41, 5.74) is -0.116. The minimum absolute atomic E-state index is 0.0750. The third-order valence-electron chi connectivity index (χ3n) is 3.20. The van der Waals surface area contributed by atoms with Crippen molar-refractivity contribution in [2.24, 2.45) is 0 Å². The fraction of sp³-hybridized carbons (Fsp3) is 0.333. The molecule has 1 aliphatic rings. The third-order valence-corrected chi connectivity index (χ3v) is 4.04. The van der Waals surface area contributed by atoms with Crippen molar-refractivity contribution in [3.05, 3.63) is 38.3 Å². The molecule has 20 heavy (non-hydrogen) atoms. The molecule has 1 aromatic carbocycles. The Balaban J connectivity index is 2.37. The van der Waals surface area contributed by atoms with Gasteiger partial charge in [-0.2, -0.15) is 0 Å². The first-order valence-corrected chi connectivity index (χ1v) is 6.69. The molecule has 1 saturated heterocycles. The molecule has 0 bridgehead atoms. The summed E-state index contributed by atoms with van der Waals surface area (Å²) in [6.07, 6.45) is 1.00. The number of hydrogen-bond donors (Lipinski definition) is 1. The Morgan fingerprint density at radius 3 is 2.75 bits per heavy atom. The van der Waals surface area contributed by atoms with E-state index >= 15 is 0 Å². The molecule has 7 nitrogen and oxygen atoms in total. The molecule has 1 atom stereocenters. The van der Waals surface area contributed by atoms with Gasteiger partial charge in [-0.3, -0.25) is 14.9 Å². The second-order valence-electron chi connectivity index (χ2n) is 4.39. The highest BCUT2D eigenvalue weighted by molar-refractivity contribution is 9.10. The van der Waals surface area contributed by atoms with E-state index in [-0.39, 0.29) is 15.7 Å². The molecule has 8 heteroatoms. The van der Waals surface area contributed by atoms with Crippen LogP contribution in [0.3, 0.4) is 0 Å². The maximum Gasteiger partial charge on any atom is 0.326 e. The van der Waals surface area contributed by atoms with Gasteiger partial charge in [-0.1, -0.05) is 6.07 Å². The Morgan fingerprint density at radius 2 is 2.15 bits per heavy atom. The number of aliphatic carboxylic acids is 1. The second kappa shape index (κ2) is 5.58. The van der Waals surface area contributed by atoms with Crippen LogP contribution in [-0.2, 0) is 4.79 Å². The Bertz CT molecular complexity index is 589. The van der Waals surface area contributed by atoms with Gasteiger partial charge in [0.15, 0.2) is 0 Å². The average Bonchev–Trinajstić information content (AvgIpc) is 2.87. The van der Waals surface area contributed by atoms with Gasteiger partial charge in [-0.15, -0.1) is 0 Å². The number of likely N-dealkylation sites (tertiary alicyclic amines) is 1. The third kappa shape index (κ3) is 2.51. The van der Waals surface area contributed by atoms with E-state index in [0.717, 1.165) is 0 Å². The van der Waals surface area contributed by atoms with Crippen LogP contribution in [0.4, 0.5) is 5.69 Å². The number of nitrogens with zero attached hydrogens (tertiary/aromatic N) is 2. The van der Waals surface area contributed by atoms with Crippen LogP contribution >= 0.6 is 15.9 Å². The Morgan fingerprint density at radius 1 is 1.45 bits per heavy atom. The summed E-state index contributed by atoms with van der Waals surface area (Å²) in [5.74, 6) is -1.57. The summed E-state index contributed by atoms with van der Waals surface area (Å²) < 4.78 is 0.0750. The van der Waals surface area contributed by atoms with E-state index in [9.17, 15) is 19.7 Å². The van der Waals surface area contributed by atoms with Crippen LogP contribution in [0.1, 0.15) is 23.2 Å². The molecule has 1 heterocycles. The lowest BCUT2D eigenvalue weighted by Gasteiger charge is -2.21. The highest BCUT2D eigenvalue weighted by Crippen LogP contribution is 2.30. The minimum atomic E-state index is -1.06. The zero-order valence-electron chi connectivity index (χ0n) is 10.3. The average molecular weight is 343 g/mol. The first-order valence-electron chi connectivity index (χ1n) is 5.90. The molecule has 0 saturated carbocycles. The second-order valence-corrected chi connectivity index (χ2v) is 5.18. The van der Waals surface area contributed by atoms with Gasteiger partial charge in [-0.25, -0.2) is 4.79 Å². The number of rotatable bonds is 3. The Hall–Kier alpha value is -1.96. The summed E-state index contributed by atoms with van der Waals surface area (Å²) in [7, 11) is 0. The predicted molar refractivity (Wildman–Crippen MR) is 72.5 cm³/mol. The molecule has 1 aromatic rings. The van der Waals surface area contributed by atoms with Crippen molar-refractivity contribution in [2.45, 2.75) is 18.9 Å². The summed E-state index contributed by atoms with van der Waals surface area (Å²) >= 11 is 3.05. The lowest BCUT2D eigenvalue weighted by atomic mass is 10.1. The van der Waals surface area contributed by atoms with Crippen LogP contribution in [0.5, 0.6) is 0 Å². The summed E-state index contributed by atoms with van der Waals surface area (Å²) in [5, 5.41) is 19.9. The quantitative estimate of drug-likeness (QED) is 0.669. The van der Waals surface area contributed by atoms with Gasteiger partial charge < -0.3 is 10.0 Å². The topological polar surface area (TPSA) is 101 Å². The van der Waals surface area contributed by atoms with Crippen molar-refractivity contribution in [1.29, 1.82) is 0 Å². The van der Waals surface area contributed by atoms with Crippen LogP contribution in [0.2, 0.25) is 0 Å². The highest BCUT2D eigenvalue weighted by Gasteiger charge is 2.35. The van der Waals surface area contributed by atoms with Crippen LogP contribution in [0, 0.1) is 10.1 Å². The van der Waals surface area contributed by atoms with Gasteiger partial charge >= 0.3 is 5.97 Å². The van der Waals surface area contributed by atoms with Crippen LogP contribution in [0.25, 0.3) is 0 Å². The number of nitro groups is 1. The van der Waals surface area contributed by atoms with Crippen molar-refractivity contribution >= 4 is 33.5 Å². The summed E-state index contributed by atoms with van der Waals surface area (Å²) in [6, 6.07) is 3.26. The maximum atomic E-state index is 12.4. The fourth-order valence-electron chi connectivity index (χ4n) is 2.25. The molecule has 0 unspecified atom stereocenters. The van der Waals surface area contributed by atoms with E-state index in [1.54, 1.807) is 0 Å². The number of carbonyl (C=O) groups is 2. The van der Waals surface area contributed by atoms with E-state index in [1.807, 2.05) is 0 Å². The van der Waals surface area contributed by atoms with E-state index in [2.05, 4.69) is 15.9 Å². The number of amides is 1. The zero-order valence-corrected chi connectivity index (χ0v) is 11.9. The number of carboxylic acids is 1. The molecule has 1 amide bonds. The standard InChI is InChI=1S/C12H11BrN2O5/c13-10-7(3-1-4-8(10)15(19)20)11(16)14-6-2-5-9(14)12(17)18/h1,3-4,9H,2,5-6H2,(H,17,18)/t9-/m1/s1. The van der Waals surface area contributed by atoms with Crippen molar-refractivity contribution < 1.29 is 19.6 Å². The van der Waals surface area contributed by atoms with Gasteiger partial charge in [0.25, 0.3) is 11.6 Å². The molecule has 0 aromatic heterocycles.